The quantitative estimate of drug-likeness (QED) is 0.817. The van der Waals surface area contributed by atoms with E-state index in [1.54, 1.807) is 36.1 Å². The first kappa shape index (κ1) is 20.4. The predicted molar refractivity (Wildman–Crippen MR) is 100 cm³/mol. The topological polar surface area (TPSA) is 67.9 Å². The smallest absolute Gasteiger partial charge is 0.409 e. The molecule has 1 aliphatic rings. The van der Waals surface area contributed by atoms with Gasteiger partial charge in [0.1, 0.15) is 5.75 Å². The van der Waals surface area contributed by atoms with Crippen LogP contribution in [0, 0.1) is 5.92 Å². The Kier molecular flexibility index (Phi) is 7.57. The number of hydrogen-bond donors (Lipinski definition) is 1. The van der Waals surface area contributed by atoms with Crippen molar-refractivity contribution in [3.8, 4) is 5.75 Å². The maximum absolute atomic E-state index is 12.3. The molecule has 6 nitrogen and oxygen atoms in total. The van der Waals surface area contributed by atoms with Crippen molar-refractivity contribution in [1.82, 2.24) is 10.2 Å². The number of nitrogens with one attached hydrogen (secondary N) is 1. The monoisotopic (exact) mass is 382 g/mol. The standard InChI is InChI=1S/C19H27ClN2O4/c1-13(2)12-25-19(24)22-10-8-16(9-11-22)21-18(23)14(3)26-17-6-4-15(20)5-7-17/h4-7,13-14,16H,8-12H2,1-3H3,(H,21,23). The van der Waals surface area contributed by atoms with Crippen molar-refractivity contribution in [3.63, 3.8) is 0 Å². The maximum atomic E-state index is 12.3. The van der Waals surface area contributed by atoms with Crippen LogP contribution in [0.15, 0.2) is 24.3 Å². The normalized spacial score (nSPS) is 16.3. The number of amides is 2. The summed E-state index contributed by atoms with van der Waals surface area (Å²) in [6.07, 6.45) is 0.528. The number of piperidine rings is 1. The summed E-state index contributed by atoms with van der Waals surface area (Å²) in [6, 6.07) is 6.93. The van der Waals surface area contributed by atoms with E-state index in [2.05, 4.69) is 5.32 Å². The van der Waals surface area contributed by atoms with E-state index >= 15 is 0 Å². The molecule has 2 rings (SSSR count). The van der Waals surface area contributed by atoms with Gasteiger partial charge in [-0.25, -0.2) is 4.79 Å². The summed E-state index contributed by atoms with van der Waals surface area (Å²) >= 11 is 5.84. The van der Waals surface area contributed by atoms with E-state index in [0.717, 1.165) is 0 Å². The molecular formula is C19H27ClN2O4. The molecular weight excluding hydrogens is 356 g/mol. The molecule has 7 heteroatoms. The minimum absolute atomic E-state index is 0.0351. The lowest BCUT2D eigenvalue weighted by atomic mass is 10.1. The molecule has 2 amide bonds. The summed E-state index contributed by atoms with van der Waals surface area (Å²) < 4.78 is 10.9. The van der Waals surface area contributed by atoms with Crippen LogP contribution in [0.5, 0.6) is 5.75 Å². The fraction of sp³-hybridized carbons (Fsp3) is 0.579. The number of benzene rings is 1. The largest absolute Gasteiger partial charge is 0.481 e. The third-order valence-electron chi connectivity index (χ3n) is 4.14. The first-order valence-electron chi connectivity index (χ1n) is 8.99. The average Bonchev–Trinajstić information content (AvgIpc) is 2.62. The Morgan fingerprint density at radius 1 is 1.19 bits per heavy atom. The van der Waals surface area contributed by atoms with Crippen LogP contribution in [-0.4, -0.2) is 48.7 Å². The lowest BCUT2D eigenvalue weighted by molar-refractivity contribution is -0.128. The molecule has 1 aliphatic heterocycles. The van der Waals surface area contributed by atoms with Gasteiger partial charge in [-0.3, -0.25) is 4.79 Å². The van der Waals surface area contributed by atoms with Crippen molar-refractivity contribution in [2.24, 2.45) is 5.92 Å². The van der Waals surface area contributed by atoms with Gasteiger partial charge >= 0.3 is 6.09 Å². The number of rotatable bonds is 6. The molecule has 0 saturated carbocycles. The lowest BCUT2D eigenvalue weighted by Crippen LogP contribution is -2.49. The van der Waals surface area contributed by atoms with Crippen LogP contribution in [0.4, 0.5) is 4.79 Å². The van der Waals surface area contributed by atoms with E-state index in [0.29, 0.717) is 49.2 Å². The number of hydrogen-bond acceptors (Lipinski definition) is 4. The highest BCUT2D eigenvalue weighted by molar-refractivity contribution is 6.30. The molecule has 26 heavy (non-hydrogen) atoms. The molecule has 1 N–H and O–H groups in total. The molecule has 0 aromatic heterocycles. The first-order chi connectivity index (χ1) is 12.3. The summed E-state index contributed by atoms with van der Waals surface area (Å²) in [5.74, 6) is 0.749. The molecule has 1 unspecified atom stereocenters. The van der Waals surface area contributed by atoms with Gasteiger partial charge in [-0.2, -0.15) is 0 Å². The van der Waals surface area contributed by atoms with Crippen molar-refractivity contribution in [2.45, 2.75) is 45.8 Å². The third-order valence-corrected chi connectivity index (χ3v) is 4.39. The molecule has 0 spiro atoms. The zero-order chi connectivity index (χ0) is 19.1. The van der Waals surface area contributed by atoms with Gasteiger partial charge < -0.3 is 19.7 Å². The molecule has 0 bridgehead atoms. The molecule has 1 heterocycles. The highest BCUT2D eigenvalue weighted by Crippen LogP contribution is 2.17. The van der Waals surface area contributed by atoms with Crippen LogP contribution in [0.1, 0.15) is 33.6 Å². The number of carbonyl (C=O) groups excluding carboxylic acids is 2. The molecule has 1 aromatic rings. The molecule has 1 saturated heterocycles. The minimum Gasteiger partial charge on any atom is -0.481 e. The van der Waals surface area contributed by atoms with E-state index < -0.39 is 6.10 Å². The Bertz CT molecular complexity index is 598. The van der Waals surface area contributed by atoms with Crippen LogP contribution in [0.2, 0.25) is 5.02 Å². The van der Waals surface area contributed by atoms with E-state index in [1.165, 1.54) is 0 Å². The van der Waals surface area contributed by atoms with Crippen molar-refractivity contribution in [3.05, 3.63) is 29.3 Å². The summed E-state index contributed by atoms with van der Waals surface area (Å²) in [7, 11) is 0. The molecule has 0 radical (unpaired) electrons. The molecule has 1 aromatic carbocycles. The van der Waals surface area contributed by atoms with Crippen LogP contribution in [0.25, 0.3) is 0 Å². The fourth-order valence-electron chi connectivity index (χ4n) is 2.62. The van der Waals surface area contributed by atoms with Gasteiger partial charge in [-0.1, -0.05) is 25.4 Å². The van der Waals surface area contributed by atoms with Gasteiger partial charge in [0.2, 0.25) is 0 Å². The van der Waals surface area contributed by atoms with E-state index in [-0.39, 0.29) is 18.0 Å². The summed E-state index contributed by atoms with van der Waals surface area (Å²) in [4.78, 5) is 26.0. The number of halogens is 1. The second kappa shape index (κ2) is 9.67. The molecule has 1 atom stereocenters. The third kappa shape index (κ3) is 6.41. The maximum Gasteiger partial charge on any atom is 0.409 e. The highest BCUT2D eigenvalue weighted by Gasteiger charge is 2.26. The predicted octanol–water partition coefficient (Wildman–Crippen LogP) is 3.48. The van der Waals surface area contributed by atoms with Gasteiger partial charge in [-0.15, -0.1) is 0 Å². The van der Waals surface area contributed by atoms with Crippen LogP contribution >= 0.6 is 11.6 Å². The number of carbonyl (C=O) groups is 2. The summed E-state index contributed by atoms with van der Waals surface area (Å²) in [5, 5.41) is 3.61. The lowest BCUT2D eigenvalue weighted by Gasteiger charge is -2.32. The number of likely N-dealkylation sites (tertiary alicyclic amines) is 1. The SMILES string of the molecule is CC(C)COC(=O)N1CCC(NC(=O)C(C)Oc2ccc(Cl)cc2)CC1. The average molecular weight is 383 g/mol. The molecule has 1 fully saturated rings. The number of nitrogens with zero attached hydrogens (tertiary/aromatic N) is 1. The Morgan fingerprint density at radius 3 is 2.38 bits per heavy atom. The van der Waals surface area contributed by atoms with Gasteiger partial charge in [0.05, 0.1) is 6.61 Å². The van der Waals surface area contributed by atoms with Crippen molar-refractivity contribution < 1.29 is 19.1 Å². The van der Waals surface area contributed by atoms with Crippen molar-refractivity contribution >= 4 is 23.6 Å². The van der Waals surface area contributed by atoms with E-state index in [1.807, 2.05) is 13.8 Å². The zero-order valence-electron chi connectivity index (χ0n) is 15.5. The fourth-order valence-corrected chi connectivity index (χ4v) is 2.75. The Morgan fingerprint density at radius 2 is 1.81 bits per heavy atom. The van der Waals surface area contributed by atoms with Crippen molar-refractivity contribution in [2.75, 3.05) is 19.7 Å². The Balaban J connectivity index is 1.73. The van der Waals surface area contributed by atoms with Crippen LogP contribution in [0.3, 0.4) is 0 Å². The van der Waals surface area contributed by atoms with Gasteiger partial charge in [0, 0.05) is 24.2 Å². The van der Waals surface area contributed by atoms with Crippen LogP contribution in [-0.2, 0) is 9.53 Å². The van der Waals surface area contributed by atoms with E-state index in [9.17, 15) is 9.59 Å². The highest BCUT2D eigenvalue weighted by atomic mass is 35.5. The summed E-state index contributed by atoms with van der Waals surface area (Å²) in [5.41, 5.74) is 0. The zero-order valence-corrected chi connectivity index (χ0v) is 16.3. The minimum atomic E-state index is -0.606. The molecule has 144 valence electrons. The Labute approximate surface area is 159 Å². The van der Waals surface area contributed by atoms with Gasteiger partial charge in [0.15, 0.2) is 6.10 Å². The van der Waals surface area contributed by atoms with Crippen molar-refractivity contribution in [1.29, 1.82) is 0 Å². The van der Waals surface area contributed by atoms with Gasteiger partial charge in [-0.05, 0) is 49.9 Å². The van der Waals surface area contributed by atoms with Gasteiger partial charge in [0.25, 0.3) is 5.91 Å². The number of ether oxygens (including phenoxy) is 2. The Hall–Kier alpha value is -1.95. The second-order valence-corrected chi connectivity index (χ2v) is 7.39. The molecule has 0 aliphatic carbocycles. The first-order valence-corrected chi connectivity index (χ1v) is 9.37. The van der Waals surface area contributed by atoms with E-state index in [4.69, 9.17) is 21.1 Å². The second-order valence-electron chi connectivity index (χ2n) is 6.95. The van der Waals surface area contributed by atoms with Crippen LogP contribution < -0.4 is 10.1 Å². The summed E-state index contributed by atoms with van der Waals surface area (Å²) in [6.45, 7) is 7.30.